The van der Waals surface area contributed by atoms with Gasteiger partial charge in [-0.1, -0.05) is 18.2 Å². The minimum atomic E-state index is -4.77. The third-order valence-electron chi connectivity index (χ3n) is 4.63. The second kappa shape index (κ2) is 7.73. The first-order valence-corrected chi connectivity index (χ1v) is 9.53. The number of hydrogen-bond acceptors (Lipinski definition) is 6. The molecule has 2 aromatic heterocycles. The van der Waals surface area contributed by atoms with Crippen LogP contribution in [0, 0.1) is 0 Å². The van der Waals surface area contributed by atoms with Crippen LogP contribution in [0.4, 0.5) is 36.3 Å². The van der Waals surface area contributed by atoms with E-state index in [1.807, 2.05) is 42.5 Å². The van der Waals surface area contributed by atoms with Crippen LogP contribution in [-0.4, -0.2) is 26.5 Å². The van der Waals surface area contributed by atoms with Crippen LogP contribution < -0.4 is 15.4 Å². The van der Waals surface area contributed by atoms with Crippen molar-refractivity contribution in [3.8, 4) is 5.75 Å². The Morgan fingerprint density at radius 1 is 0.844 bits per heavy atom. The molecule has 0 aliphatic rings. The van der Waals surface area contributed by atoms with Gasteiger partial charge in [0, 0.05) is 28.2 Å². The molecule has 0 saturated heterocycles. The first-order chi connectivity index (χ1) is 15.4. The Morgan fingerprint density at radius 2 is 1.69 bits per heavy atom. The van der Waals surface area contributed by atoms with Crippen molar-refractivity contribution in [3.63, 3.8) is 0 Å². The van der Waals surface area contributed by atoms with Crippen molar-refractivity contribution in [1.29, 1.82) is 0 Å². The Kier molecular flexibility index (Phi) is 4.74. The zero-order chi connectivity index (χ0) is 22.1. The van der Waals surface area contributed by atoms with Crippen molar-refractivity contribution in [3.05, 3.63) is 72.9 Å². The number of anilines is 4. The molecular formula is C22H15F3N6O. The first-order valence-electron chi connectivity index (χ1n) is 9.53. The Morgan fingerprint density at radius 3 is 2.56 bits per heavy atom. The average molecular weight is 436 g/mol. The Hall–Kier alpha value is -4.34. The van der Waals surface area contributed by atoms with Crippen LogP contribution in [0.15, 0.2) is 72.9 Å². The molecule has 0 radical (unpaired) electrons. The molecule has 0 bridgehead atoms. The fourth-order valence-corrected chi connectivity index (χ4v) is 3.29. The van der Waals surface area contributed by atoms with Gasteiger partial charge in [0.25, 0.3) is 0 Å². The summed E-state index contributed by atoms with van der Waals surface area (Å²) in [4.78, 5) is 9.02. The number of aromatic nitrogens is 4. The number of hydrogen-bond donors (Lipinski definition) is 3. The zero-order valence-corrected chi connectivity index (χ0v) is 16.3. The van der Waals surface area contributed by atoms with Gasteiger partial charge in [0.15, 0.2) is 0 Å². The van der Waals surface area contributed by atoms with Gasteiger partial charge >= 0.3 is 6.36 Å². The normalized spacial score (nSPS) is 11.6. The van der Waals surface area contributed by atoms with E-state index in [0.29, 0.717) is 17.0 Å². The SMILES string of the molecule is FC(F)(F)Oc1cccc(Nc2nc(Nc3ccc4[nH]ncc4c3)c3ccccc3n2)c1. The van der Waals surface area contributed by atoms with E-state index in [4.69, 9.17) is 0 Å². The van der Waals surface area contributed by atoms with Crippen molar-refractivity contribution in [2.45, 2.75) is 6.36 Å². The number of aromatic amines is 1. The van der Waals surface area contributed by atoms with Crippen molar-refractivity contribution < 1.29 is 17.9 Å². The molecule has 0 atom stereocenters. The molecule has 0 amide bonds. The number of halogens is 3. The highest BCUT2D eigenvalue weighted by atomic mass is 19.4. The lowest BCUT2D eigenvalue weighted by Crippen LogP contribution is -2.17. The average Bonchev–Trinajstić information content (AvgIpc) is 3.21. The van der Waals surface area contributed by atoms with Crippen LogP contribution in [0.3, 0.4) is 0 Å². The lowest BCUT2D eigenvalue weighted by molar-refractivity contribution is -0.274. The number of para-hydroxylation sites is 1. The Balaban J connectivity index is 1.49. The van der Waals surface area contributed by atoms with E-state index in [0.717, 1.165) is 22.0 Å². The molecule has 32 heavy (non-hydrogen) atoms. The fourth-order valence-electron chi connectivity index (χ4n) is 3.29. The summed E-state index contributed by atoms with van der Waals surface area (Å²) in [6.07, 6.45) is -3.05. The number of nitrogens with zero attached hydrogens (tertiary/aromatic N) is 3. The summed E-state index contributed by atoms with van der Waals surface area (Å²) in [6.45, 7) is 0. The maximum atomic E-state index is 12.5. The van der Waals surface area contributed by atoms with Gasteiger partial charge in [-0.05, 0) is 42.5 Å². The summed E-state index contributed by atoms with van der Waals surface area (Å²) in [7, 11) is 0. The van der Waals surface area contributed by atoms with Crippen LogP contribution in [-0.2, 0) is 0 Å². The molecular weight excluding hydrogens is 421 g/mol. The maximum absolute atomic E-state index is 12.5. The summed E-state index contributed by atoms with van der Waals surface area (Å²) in [6, 6.07) is 18.7. The third-order valence-corrected chi connectivity index (χ3v) is 4.63. The van der Waals surface area contributed by atoms with E-state index in [-0.39, 0.29) is 11.7 Å². The topological polar surface area (TPSA) is 87.8 Å². The largest absolute Gasteiger partial charge is 0.573 e. The molecule has 0 aliphatic carbocycles. The Bertz CT molecular complexity index is 1420. The molecule has 0 spiro atoms. The van der Waals surface area contributed by atoms with Gasteiger partial charge < -0.3 is 15.4 Å². The van der Waals surface area contributed by atoms with Crippen molar-refractivity contribution in [2.75, 3.05) is 10.6 Å². The molecule has 5 rings (SSSR count). The summed E-state index contributed by atoms with van der Waals surface area (Å²) in [5, 5.41) is 14.9. The number of alkyl halides is 3. The van der Waals surface area contributed by atoms with E-state index < -0.39 is 6.36 Å². The molecule has 0 aliphatic heterocycles. The molecule has 3 N–H and O–H groups in total. The van der Waals surface area contributed by atoms with E-state index in [9.17, 15) is 13.2 Å². The second-order valence-electron chi connectivity index (χ2n) is 6.91. The molecule has 0 saturated carbocycles. The van der Waals surface area contributed by atoms with Crippen LogP contribution >= 0.6 is 0 Å². The van der Waals surface area contributed by atoms with E-state index in [1.54, 1.807) is 12.3 Å². The highest BCUT2D eigenvalue weighted by Gasteiger charge is 2.31. The number of fused-ring (bicyclic) bond motifs is 2. The summed E-state index contributed by atoms with van der Waals surface area (Å²) >= 11 is 0. The molecule has 2 heterocycles. The van der Waals surface area contributed by atoms with Gasteiger partial charge in [0.2, 0.25) is 5.95 Å². The molecule has 0 fully saturated rings. The summed E-state index contributed by atoms with van der Waals surface area (Å²) in [5.74, 6) is 0.429. The van der Waals surface area contributed by atoms with Crippen molar-refractivity contribution >= 4 is 44.9 Å². The van der Waals surface area contributed by atoms with Crippen LogP contribution in [0.5, 0.6) is 5.75 Å². The minimum Gasteiger partial charge on any atom is -0.406 e. The van der Waals surface area contributed by atoms with Gasteiger partial charge in [-0.3, -0.25) is 5.10 Å². The molecule has 5 aromatic rings. The van der Waals surface area contributed by atoms with Crippen LogP contribution in [0.25, 0.3) is 21.8 Å². The lowest BCUT2D eigenvalue weighted by Gasteiger charge is -2.13. The van der Waals surface area contributed by atoms with Gasteiger partial charge in [-0.15, -0.1) is 13.2 Å². The standard InChI is InChI=1S/C22H15F3N6O/c23-22(24,25)32-16-5-3-4-14(11-16)28-21-29-19-7-2-1-6-17(19)20(30-21)27-15-8-9-18-13(10-15)12-26-31-18/h1-12H,(H,26,31)(H2,27,28,29,30). The second-order valence-corrected chi connectivity index (χ2v) is 6.91. The number of H-pyrrole nitrogens is 1. The highest BCUT2D eigenvalue weighted by molar-refractivity contribution is 5.93. The molecule has 3 aromatic carbocycles. The third kappa shape index (κ3) is 4.24. The maximum Gasteiger partial charge on any atom is 0.573 e. The van der Waals surface area contributed by atoms with E-state index in [1.165, 1.54) is 18.2 Å². The first kappa shape index (κ1) is 19.6. The monoisotopic (exact) mass is 436 g/mol. The summed E-state index contributed by atoms with van der Waals surface area (Å²) < 4.78 is 41.6. The summed E-state index contributed by atoms with van der Waals surface area (Å²) in [5.41, 5.74) is 2.73. The van der Waals surface area contributed by atoms with Gasteiger partial charge in [0.1, 0.15) is 11.6 Å². The van der Waals surface area contributed by atoms with Crippen molar-refractivity contribution in [1.82, 2.24) is 20.2 Å². The van der Waals surface area contributed by atoms with Crippen LogP contribution in [0.2, 0.25) is 0 Å². The number of rotatable bonds is 5. The Labute approximate surface area is 179 Å². The quantitative estimate of drug-likeness (QED) is 0.318. The fraction of sp³-hybridized carbons (Fsp3) is 0.0455. The highest BCUT2D eigenvalue weighted by Crippen LogP contribution is 2.29. The van der Waals surface area contributed by atoms with Gasteiger partial charge in [0.05, 0.1) is 17.2 Å². The zero-order valence-electron chi connectivity index (χ0n) is 16.3. The predicted octanol–water partition coefficient (Wildman–Crippen LogP) is 5.89. The number of benzene rings is 3. The number of ether oxygens (including phenoxy) is 1. The molecule has 10 heteroatoms. The molecule has 160 valence electrons. The van der Waals surface area contributed by atoms with E-state index in [2.05, 4.69) is 35.5 Å². The molecule has 0 unspecified atom stereocenters. The lowest BCUT2D eigenvalue weighted by atomic mass is 10.2. The van der Waals surface area contributed by atoms with E-state index >= 15 is 0 Å². The van der Waals surface area contributed by atoms with Crippen LogP contribution in [0.1, 0.15) is 0 Å². The van der Waals surface area contributed by atoms with Crippen molar-refractivity contribution in [2.24, 2.45) is 0 Å². The minimum absolute atomic E-state index is 0.222. The molecule has 7 nitrogen and oxygen atoms in total. The number of nitrogens with one attached hydrogen (secondary N) is 3. The van der Waals surface area contributed by atoms with Gasteiger partial charge in [-0.25, -0.2) is 4.98 Å². The van der Waals surface area contributed by atoms with Gasteiger partial charge in [-0.2, -0.15) is 10.1 Å². The predicted molar refractivity (Wildman–Crippen MR) is 115 cm³/mol. The smallest absolute Gasteiger partial charge is 0.406 e.